The molecular formula is C23H25F4N7O2. The molecule has 0 bridgehead atoms. The molecule has 3 aromatic heterocycles. The Labute approximate surface area is 204 Å². The summed E-state index contributed by atoms with van der Waals surface area (Å²) in [6.07, 6.45) is -2.14. The predicted octanol–water partition coefficient (Wildman–Crippen LogP) is 3.47. The Bertz CT molecular complexity index is 1250. The zero-order valence-corrected chi connectivity index (χ0v) is 20.0. The van der Waals surface area contributed by atoms with Crippen LogP contribution in [-0.4, -0.2) is 66.9 Å². The molecule has 1 N–H and O–H groups in total. The summed E-state index contributed by atoms with van der Waals surface area (Å²) in [4.78, 5) is 27.4. The van der Waals surface area contributed by atoms with Gasteiger partial charge in [0.1, 0.15) is 5.82 Å². The number of aryl methyl sites for hydroxylation is 1. The number of carbonyl (C=O) groups excluding carboxylic acids is 1. The highest BCUT2D eigenvalue weighted by molar-refractivity contribution is 5.99. The van der Waals surface area contributed by atoms with E-state index in [1.54, 1.807) is 25.8 Å². The number of hydrogen-bond acceptors (Lipinski definition) is 7. The van der Waals surface area contributed by atoms with Gasteiger partial charge in [0.2, 0.25) is 0 Å². The highest BCUT2D eigenvalue weighted by Crippen LogP contribution is 2.31. The first-order chi connectivity index (χ1) is 17.0. The monoisotopic (exact) mass is 507 g/mol. The minimum absolute atomic E-state index is 0.0251. The number of halogens is 4. The summed E-state index contributed by atoms with van der Waals surface area (Å²) >= 11 is 0. The average molecular weight is 507 g/mol. The van der Waals surface area contributed by atoms with Crippen molar-refractivity contribution in [1.29, 1.82) is 0 Å². The molecule has 0 spiro atoms. The summed E-state index contributed by atoms with van der Waals surface area (Å²) < 4.78 is 60.1. The van der Waals surface area contributed by atoms with Crippen molar-refractivity contribution in [2.45, 2.75) is 45.2 Å². The van der Waals surface area contributed by atoms with Gasteiger partial charge in [-0.15, -0.1) is 0 Å². The van der Waals surface area contributed by atoms with E-state index in [1.165, 1.54) is 4.68 Å². The van der Waals surface area contributed by atoms with Crippen molar-refractivity contribution in [3.8, 4) is 11.4 Å². The van der Waals surface area contributed by atoms with Crippen molar-refractivity contribution in [2.75, 3.05) is 18.4 Å². The SMILES string of the molecule is Cc1c(-c2ncc(F)cn2)c(C(=O)N2C[C@@H](C)O[C@@H](C)[C@H]2CNc2cc(C(F)(F)F)ccn2)nn1C. The minimum Gasteiger partial charge on any atom is -0.372 e. The zero-order valence-electron chi connectivity index (χ0n) is 20.0. The van der Waals surface area contributed by atoms with E-state index < -0.39 is 35.6 Å². The first kappa shape index (κ1) is 25.5. The Balaban J connectivity index is 1.64. The summed E-state index contributed by atoms with van der Waals surface area (Å²) in [7, 11) is 1.67. The lowest BCUT2D eigenvalue weighted by Crippen LogP contribution is -2.58. The lowest BCUT2D eigenvalue weighted by atomic mass is 10.0. The fraction of sp³-hybridized carbons (Fsp3) is 0.435. The van der Waals surface area contributed by atoms with Crippen LogP contribution in [0, 0.1) is 12.7 Å². The van der Waals surface area contributed by atoms with Gasteiger partial charge in [-0.3, -0.25) is 9.48 Å². The molecular weight excluding hydrogens is 482 g/mol. The topological polar surface area (TPSA) is 98.1 Å². The third-order valence-electron chi connectivity index (χ3n) is 6.06. The number of alkyl halides is 3. The van der Waals surface area contributed by atoms with Crippen LogP contribution < -0.4 is 5.32 Å². The number of ether oxygens (including phenoxy) is 1. The van der Waals surface area contributed by atoms with Gasteiger partial charge in [0, 0.05) is 32.0 Å². The first-order valence-corrected chi connectivity index (χ1v) is 11.2. The molecule has 1 amide bonds. The number of hydrogen-bond donors (Lipinski definition) is 1. The number of aromatic nitrogens is 5. The first-order valence-electron chi connectivity index (χ1n) is 11.2. The number of rotatable bonds is 5. The Morgan fingerprint density at radius 2 is 1.92 bits per heavy atom. The molecule has 36 heavy (non-hydrogen) atoms. The molecule has 1 saturated heterocycles. The predicted molar refractivity (Wildman–Crippen MR) is 121 cm³/mol. The van der Waals surface area contributed by atoms with Gasteiger partial charge in [0.05, 0.1) is 41.8 Å². The second-order valence-corrected chi connectivity index (χ2v) is 8.64. The summed E-state index contributed by atoms with van der Waals surface area (Å²) in [6, 6.07) is 1.25. The number of carbonyl (C=O) groups is 1. The van der Waals surface area contributed by atoms with E-state index in [2.05, 4.69) is 25.4 Å². The number of morpholine rings is 1. The number of anilines is 1. The number of nitrogens with zero attached hydrogens (tertiary/aromatic N) is 6. The Morgan fingerprint density at radius 3 is 2.58 bits per heavy atom. The van der Waals surface area contributed by atoms with Gasteiger partial charge in [-0.05, 0) is 32.9 Å². The third-order valence-corrected chi connectivity index (χ3v) is 6.06. The molecule has 0 aliphatic carbocycles. The Hall–Kier alpha value is -3.61. The van der Waals surface area contributed by atoms with E-state index in [0.29, 0.717) is 11.3 Å². The molecule has 4 heterocycles. The van der Waals surface area contributed by atoms with Crippen LogP contribution in [0.1, 0.15) is 35.6 Å². The molecule has 3 aromatic rings. The number of amides is 1. The lowest BCUT2D eigenvalue weighted by Gasteiger charge is -2.42. The minimum atomic E-state index is -4.51. The van der Waals surface area contributed by atoms with Gasteiger partial charge < -0.3 is 15.0 Å². The molecule has 1 aliphatic heterocycles. The Kier molecular flexibility index (Phi) is 6.94. The summed E-state index contributed by atoms with van der Waals surface area (Å²) in [5.74, 6) is -0.856. The molecule has 1 fully saturated rings. The maximum atomic E-state index is 13.8. The van der Waals surface area contributed by atoms with Crippen LogP contribution in [-0.2, 0) is 18.0 Å². The molecule has 0 radical (unpaired) electrons. The fourth-order valence-corrected chi connectivity index (χ4v) is 4.19. The van der Waals surface area contributed by atoms with Crippen molar-refractivity contribution >= 4 is 11.7 Å². The molecule has 9 nitrogen and oxygen atoms in total. The summed E-state index contributed by atoms with van der Waals surface area (Å²) in [6.45, 7) is 5.67. The molecule has 0 aromatic carbocycles. The van der Waals surface area contributed by atoms with Gasteiger partial charge in [-0.1, -0.05) is 0 Å². The van der Waals surface area contributed by atoms with Gasteiger partial charge in [-0.2, -0.15) is 18.3 Å². The molecule has 4 rings (SSSR count). The smallest absolute Gasteiger partial charge is 0.372 e. The summed E-state index contributed by atoms with van der Waals surface area (Å²) in [5.41, 5.74) is 0.246. The van der Waals surface area contributed by atoms with E-state index in [-0.39, 0.29) is 36.5 Å². The van der Waals surface area contributed by atoms with Crippen molar-refractivity contribution in [3.05, 3.63) is 53.5 Å². The van der Waals surface area contributed by atoms with E-state index in [4.69, 9.17) is 4.74 Å². The average Bonchev–Trinajstić information content (AvgIpc) is 3.12. The van der Waals surface area contributed by atoms with Crippen LogP contribution in [0.2, 0.25) is 0 Å². The van der Waals surface area contributed by atoms with Gasteiger partial charge in [0.25, 0.3) is 5.91 Å². The molecule has 13 heteroatoms. The molecule has 3 atom stereocenters. The van der Waals surface area contributed by atoms with Crippen molar-refractivity contribution in [3.63, 3.8) is 0 Å². The normalized spacial score (nSPS) is 20.4. The highest BCUT2D eigenvalue weighted by atomic mass is 19.4. The molecule has 0 saturated carbocycles. The second kappa shape index (κ2) is 9.80. The van der Waals surface area contributed by atoms with Crippen molar-refractivity contribution in [1.82, 2.24) is 29.6 Å². The third kappa shape index (κ3) is 5.15. The highest BCUT2D eigenvalue weighted by Gasteiger charge is 2.39. The standard InChI is InChI=1S/C23H25F4N7O2/c1-12-11-34(17(14(3)36-12)10-29-18-7-15(5-6-28-18)23(25,26)27)22(35)20-19(13(2)33(4)32-20)21-30-8-16(24)9-31-21/h5-9,12,14,17H,10-11H2,1-4H3,(H,28,29)/t12-,14+,17-/m1/s1. The second-order valence-electron chi connectivity index (χ2n) is 8.64. The quantitative estimate of drug-likeness (QED) is 0.528. The van der Waals surface area contributed by atoms with Gasteiger partial charge in [0.15, 0.2) is 17.3 Å². The zero-order chi connectivity index (χ0) is 26.2. The number of nitrogens with one attached hydrogen (secondary N) is 1. The van der Waals surface area contributed by atoms with E-state index in [9.17, 15) is 22.4 Å². The lowest BCUT2D eigenvalue weighted by molar-refractivity contribution is -0.137. The molecule has 1 aliphatic rings. The summed E-state index contributed by atoms with van der Waals surface area (Å²) in [5, 5.41) is 7.28. The van der Waals surface area contributed by atoms with Crippen LogP contribution in [0.3, 0.4) is 0 Å². The van der Waals surface area contributed by atoms with Crippen LogP contribution >= 0.6 is 0 Å². The maximum Gasteiger partial charge on any atom is 0.416 e. The van der Waals surface area contributed by atoms with Gasteiger partial charge >= 0.3 is 6.18 Å². The molecule has 192 valence electrons. The largest absolute Gasteiger partial charge is 0.416 e. The molecule has 0 unspecified atom stereocenters. The number of pyridine rings is 1. The van der Waals surface area contributed by atoms with Crippen molar-refractivity contribution in [2.24, 2.45) is 7.05 Å². The van der Waals surface area contributed by atoms with Crippen LogP contribution in [0.4, 0.5) is 23.4 Å². The van der Waals surface area contributed by atoms with E-state index >= 15 is 0 Å². The van der Waals surface area contributed by atoms with Crippen LogP contribution in [0.15, 0.2) is 30.7 Å². The van der Waals surface area contributed by atoms with E-state index in [1.807, 2.05) is 6.92 Å². The fourth-order valence-electron chi connectivity index (χ4n) is 4.19. The van der Waals surface area contributed by atoms with Crippen LogP contribution in [0.5, 0.6) is 0 Å². The van der Waals surface area contributed by atoms with Crippen molar-refractivity contribution < 1.29 is 27.1 Å². The maximum absolute atomic E-state index is 13.8. The Morgan fingerprint density at radius 1 is 1.22 bits per heavy atom. The van der Waals surface area contributed by atoms with E-state index in [0.717, 1.165) is 30.7 Å². The van der Waals surface area contributed by atoms with Gasteiger partial charge in [-0.25, -0.2) is 19.3 Å². The van der Waals surface area contributed by atoms with Crippen LogP contribution in [0.25, 0.3) is 11.4 Å².